The Bertz CT molecular complexity index is 513. The maximum atomic E-state index is 13.2. The van der Waals surface area contributed by atoms with Crippen LogP contribution in [0.5, 0.6) is 0 Å². The summed E-state index contributed by atoms with van der Waals surface area (Å²) in [5, 5.41) is 5.59. The Labute approximate surface area is 119 Å². The van der Waals surface area contributed by atoms with E-state index in [0.717, 1.165) is 5.56 Å². The van der Waals surface area contributed by atoms with Gasteiger partial charge < -0.3 is 5.32 Å². The first kappa shape index (κ1) is 13.7. The van der Waals surface area contributed by atoms with Crippen molar-refractivity contribution in [2.75, 3.05) is 0 Å². The van der Waals surface area contributed by atoms with E-state index < -0.39 is 0 Å². The van der Waals surface area contributed by atoms with E-state index in [1.807, 2.05) is 12.1 Å². The van der Waals surface area contributed by atoms with Crippen molar-refractivity contribution in [2.45, 2.75) is 25.9 Å². The van der Waals surface area contributed by atoms with Crippen LogP contribution in [0.3, 0.4) is 0 Å². The first-order valence-corrected chi connectivity index (χ1v) is 7.49. The summed E-state index contributed by atoms with van der Waals surface area (Å²) < 4.78 is 13.7. The summed E-state index contributed by atoms with van der Waals surface area (Å²) in [4.78, 5) is 1.31. The van der Waals surface area contributed by atoms with Gasteiger partial charge in [-0.2, -0.15) is 0 Å². The van der Waals surface area contributed by atoms with Crippen LogP contribution in [0.25, 0.3) is 0 Å². The molecule has 0 saturated carbocycles. The summed E-state index contributed by atoms with van der Waals surface area (Å²) >= 11 is 4.96. The lowest BCUT2D eigenvalue weighted by Crippen LogP contribution is -2.21. The molecule has 2 aromatic rings. The van der Waals surface area contributed by atoms with E-state index in [4.69, 9.17) is 0 Å². The number of hydrogen-bond donors (Lipinski definition) is 1. The molecule has 0 amide bonds. The molecule has 0 spiro atoms. The molecule has 1 heterocycles. The average molecular weight is 328 g/mol. The van der Waals surface area contributed by atoms with Crippen LogP contribution < -0.4 is 5.32 Å². The molecule has 2 atom stereocenters. The molecule has 4 heteroatoms. The van der Waals surface area contributed by atoms with Gasteiger partial charge in [0.05, 0.1) is 4.47 Å². The van der Waals surface area contributed by atoms with Gasteiger partial charge in [-0.25, -0.2) is 4.39 Å². The second-order valence-electron chi connectivity index (χ2n) is 4.30. The van der Waals surface area contributed by atoms with Gasteiger partial charge in [0.15, 0.2) is 0 Å². The van der Waals surface area contributed by atoms with E-state index in [9.17, 15) is 4.39 Å². The van der Waals surface area contributed by atoms with Crippen LogP contribution in [-0.2, 0) is 0 Å². The molecule has 0 bridgehead atoms. The molecule has 0 saturated heterocycles. The highest BCUT2D eigenvalue weighted by Crippen LogP contribution is 2.25. The molecule has 0 fully saturated rings. The highest BCUT2D eigenvalue weighted by molar-refractivity contribution is 9.10. The Morgan fingerprint density at radius 1 is 1.22 bits per heavy atom. The fourth-order valence-electron chi connectivity index (χ4n) is 1.87. The Morgan fingerprint density at radius 3 is 2.61 bits per heavy atom. The fourth-order valence-corrected chi connectivity index (χ4v) is 3.01. The van der Waals surface area contributed by atoms with Crippen molar-refractivity contribution in [3.63, 3.8) is 0 Å². The summed E-state index contributed by atoms with van der Waals surface area (Å²) in [5.74, 6) is -0.225. The van der Waals surface area contributed by atoms with Crippen LogP contribution in [0.4, 0.5) is 4.39 Å². The van der Waals surface area contributed by atoms with Gasteiger partial charge in [0.25, 0.3) is 0 Å². The minimum Gasteiger partial charge on any atom is -0.303 e. The highest BCUT2D eigenvalue weighted by Gasteiger charge is 2.12. The first-order chi connectivity index (χ1) is 8.58. The SMILES string of the molecule is CC(N[C@@H](C)c1cccs1)c1ccc(F)c(Br)c1. The molecule has 1 N–H and O–H groups in total. The van der Waals surface area contributed by atoms with Gasteiger partial charge in [-0.1, -0.05) is 12.1 Å². The number of thiophene rings is 1. The predicted molar refractivity (Wildman–Crippen MR) is 78.4 cm³/mol. The van der Waals surface area contributed by atoms with Crippen molar-refractivity contribution in [3.8, 4) is 0 Å². The summed E-state index contributed by atoms with van der Waals surface area (Å²) in [6.07, 6.45) is 0. The highest BCUT2D eigenvalue weighted by atomic mass is 79.9. The molecule has 1 aromatic carbocycles. The molecule has 0 aliphatic rings. The molecule has 2 rings (SSSR count). The lowest BCUT2D eigenvalue weighted by atomic mass is 10.1. The molecule has 18 heavy (non-hydrogen) atoms. The Kier molecular flexibility index (Phi) is 4.54. The number of benzene rings is 1. The first-order valence-electron chi connectivity index (χ1n) is 5.82. The molecule has 1 nitrogen and oxygen atoms in total. The van der Waals surface area contributed by atoms with E-state index in [-0.39, 0.29) is 11.9 Å². The third-order valence-electron chi connectivity index (χ3n) is 2.91. The van der Waals surface area contributed by atoms with Gasteiger partial charge in [0, 0.05) is 17.0 Å². The van der Waals surface area contributed by atoms with E-state index in [2.05, 4.69) is 52.6 Å². The standard InChI is InChI=1S/C14H15BrFNS/c1-9(11-5-6-13(16)12(15)8-11)17-10(2)14-4-3-7-18-14/h3-10,17H,1-2H3/t9?,10-/m0/s1. The van der Waals surface area contributed by atoms with Gasteiger partial charge in [-0.05, 0) is 58.9 Å². The lowest BCUT2D eigenvalue weighted by Gasteiger charge is -2.19. The monoisotopic (exact) mass is 327 g/mol. The Balaban J connectivity index is 2.07. The maximum Gasteiger partial charge on any atom is 0.137 e. The van der Waals surface area contributed by atoms with E-state index in [0.29, 0.717) is 10.5 Å². The average Bonchev–Trinajstić information content (AvgIpc) is 2.86. The molecular formula is C14H15BrFNS. The summed E-state index contributed by atoms with van der Waals surface area (Å²) in [6, 6.07) is 9.79. The number of halogens is 2. The zero-order chi connectivity index (χ0) is 13.1. The number of nitrogens with one attached hydrogen (secondary N) is 1. The molecule has 96 valence electrons. The van der Waals surface area contributed by atoms with Crippen LogP contribution in [0.15, 0.2) is 40.2 Å². The second-order valence-corrected chi connectivity index (χ2v) is 6.13. The maximum absolute atomic E-state index is 13.2. The van der Waals surface area contributed by atoms with Crippen molar-refractivity contribution in [2.24, 2.45) is 0 Å². The van der Waals surface area contributed by atoms with Crippen molar-refractivity contribution in [1.29, 1.82) is 0 Å². The Morgan fingerprint density at radius 2 is 2.00 bits per heavy atom. The fraction of sp³-hybridized carbons (Fsp3) is 0.286. The molecule has 0 aliphatic heterocycles. The molecular weight excluding hydrogens is 313 g/mol. The molecule has 1 aromatic heterocycles. The number of hydrogen-bond acceptors (Lipinski definition) is 2. The molecule has 0 radical (unpaired) electrons. The smallest absolute Gasteiger partial charge is 0.137 e. The van der Waals surface area contributed by atoms with E-state index >= 15 is 0 Å². The summed E-state index contributed by atoms with van der Waals surface area (Å²) in [5.41, 5.74) is 1.08. The normalized spacial score (nSPS) is 14.4. The van der Waals surface area contributed by atoms with Crippen LogP contribution in [0, 0.1) is 5.82 Å². The van der Waals surface area contributed by atoms with Crippen molar-refractivity contribution in [3.05, 3.63) is 56.4 Å². The summed E-state index contributed by atoms with van der Waals surface area (Å²) in [7, 11) is 0. The Hall–Kier alpha value is -0.710. The van der Waals surface area contributed by atoms with Gasteiger partial charge in [0.1, 0.15) is 5.82 Å². The van der Waals surface area contributed by atoms with Gasteiger partial charge in [-0.3, -0.25) is 0 Å². The minimum absolute atomic E-state index is 0.180. The zero-order valence-electron chi connectivity index (χ0n) is 10.3. The van der Waals surface area contributed by atoms with Crippen LogP contribution >= 0.6 is 27.3 Å². The van der Waals surface area contributed by atoms with Crippen LogP contribution in [0.2, 0.25) is 0 Å². The quantitative estimate of drug-likeness (QED) is 0.827. The topological polar surface area (TPSA) is 12.0 Å². The minimum atomic E-state index is -0.225. The van der Waals surface area contributed by atoms with Crippen molar-refractivity contribution < 1.29 is 4.39 Å². The van der Waals surface area contributed by atoms with E-state index in [1.54, 1.807) is 11.3 Å². The van der Waals surface area contributed by atoms with Crippen LogP contribution in [-0.4, -0.2) is 0 Å². The predicted octanol–water partition coefficient (Wildman–Crippen LogP) is 5.06. The third-order valence-corrected chi connectivity index (χ3v) is 4.58. The van der Waals surface area contributed by atoms with Crippen LogP contribution in [0.1, 0.15) is 36.4 Å². The molecule has 0 aliphatic carbocycles. The van der Waals surface area contributed by atoms with E-state index in [1.165, 1.54) is 10.9 Å². The largest absolute Gasteiger partial charge is 0.303 e. The number of rotatable bonds is 4. The third kappa shape index (κ3) is 3.19. The van der Waals surface area contributed by atoms with Gasteiger partial charge in [-0.15, -0.1) is 11.3 Å². The van der Waals surface area contributed by atoms with Gasteiger partial charge >= 0.3 is 0 Å². The molecule has 1 unspecified atom stereocenters. The lowest BCUT2D eigenvalue weighted by molar-refractivity contribution is 0.499. The van der Waals surface area contributed by atoms with Crippen molar-refractivity contribution in [1.82, 2.24) is 5.32 Å². The second kappa shape index (κ2) is 5.95. The van der Waals surface area contributed by atoms with Crippen molar-refractivity contribution >= 4 is 27.3 Å². The summed E-state index contributed by atoms with van der Waals surface area (Å²) in [6.45, 7) is 4.23. The zero-order valence-corrected chi connectivity index (χ0v) is 12.7. The van der Waals surface area contributed by atoms with Gasteiger partial charge in [0.2, 0.25) is 0 Å².